The number of hydrogen-bond acceptors (Lipinski definition) is 9. The highest BCUT2D eigenvalue weighted by molar-refractivity contribution is 6.24. The first-order valence-electron chi connectivity index (χ1n) is 13.4. The number of fused-ring (bicyclic) bond motifs is 3. The third-order valence-electron chi connectivity index (χ3n) is 8.63. The molecule has 2 aromatic carbocycles. The van der Waals surface area contributed by atoms with Crippen molar-refractivity contribution in [2.24, 2.45) is 17.6 Å². The van der Waals surface area contributed by atoms with Crippen molar-refractivity contribution in [1.82, 2.24) is 4.90 Å². The number of nitrogens with two attached hydrogens (primary N) is 1. The second kappa shape index (κ2) is 9.97. The molecule has 214 valence electrons. The van der Waals surface area contributed by atoms with Crippen LogP contribution in [0.15, 0.2) is 53.3 Å². The Kier molecular flexibility index (Phi) is 6.87. The van der Waals surface area contributed by atoms with Gasteiger partial charge in [-0.15, -0.1) is 0 Å². The van der Waals surface area contributed by atoms with Gasteiger partial charge < -0.3 is 31.0 Å². The van der Waals surface area contributed by atoms with Crippen molar-refractivity contribution < 1.29 is 39.6 Å². The zero-order valence-corrected chi connectivity index (χ0v) is 23.0. The topological polar surface area (TPSA) is 178 Å². The van der Waals surface area contributed by atoms with Gasteiger partial charge in [0.05, 0.1) is 11.6 Å². The van der Waals surface area contributed by atoms with Crippen molar-refractivity contribution >= 4 is 29.0 Å². The lowest BCUT2D eigenvalue weighted by atomic mass is 9.57. The minimum absolute atomic E-state index is 0.00679. The number of phenolic OH excluding ortho intramolecular Hbond substituents is 1. The van der Waals surface area contributed by atoms with Gasteiger partial charge in [0.25, 0.3) is 5.91 Å². The molecule has 0 aliphatic heterocycles. The van der Waals surface area contributed by atoms with E-state index in [9.17, 15) is 39.6 Å². The summed E-state index contributed by atoms with van der Waals surface area (Å²) in [7, 11) is 3.11. The van der Waals surface area contributed by atoms with Gasteiger partial charge in [-0.3, -0.25) is 19.3 Å². The van der Waals surface area contributed by atoms with Crippen LogP contribution in [0.4, 0.5) is 0 Å². The number of nitrogens with zero attached hydrogens (tertiary/aromatic N) is 1. The van der Waals surface area contributed by atoms with Gasteiger partial charge in [-0.1, -0.05) is 30.3 Å². The van der Waals surface area contributed by atoms with E-state index in [4.69, 9.17) is 5.73 Å². The molecule has 4 atom stereocenters. The number of aryl methyl sites for hydroxylation is 1. The van der Waals surface area contributed by atoms with Gasteiger partial charge in [-0.2, -0.15) is 0 Å². The summed E-state index contributed by atoms with van der Waals surface area (Å²) in [5.74, 6) is -7.02. The molecule has 0 saturated heterocycles. The van der Waals surface area contributed by atoms with Crippen molar-refractivity contribution in [2.45, 2.75) is 44.2 Å². The first kappa shape index (κ1) is 28.3. The van der Waals surface area contributed by atoms with E-state index in [0.717, 1.165) is 5.56 Å². The number of rotatable bonds is 6. The molecule has 3 aliphatic carbocycles. The van der Waals surface area contributed by atoms with Crippen molar-refractivity contribution in [2.75, 3.05) is 14.1 Å². The number of phenols is 1. The molecule has 1 fully saturated rings. The average molecular weight is 561 g/mol. The van der Waals surface area contributed by atoms with E-state index in [1.807, 2.05) is 30.3 Å². The molecule has 2 aromatic rings. The molecule has 5 rings (SSSR count). The molecule has 0 radical (unpaired) electrons. The third-order valence-corrected chi connectivity index (χ3v) is 8.63. The smallest absolute Gasteiger partial charge is 0.255 e. The number of amides is 1. The van der Waals surface area contributed by atoms with Crippen LogP contribution in [0.1, 0.15) is 36.5 Å². The summed E-state index contributed by atoms with van der Waals surface area (Å²) in [6, 6.07) is 9.93. The van der Waals surface area contributed by atoms with Gasteiger partial charge >= 0.3 is 0 Å². The number of hydrogen-bond donors (Lipinski definition) is 5. The van der Waals surface area contributed by atoms with Gasteiger partial charge in [0.2, 0.25) is 5.78 Å². The van der Waals surface area contributed by atoms with Crippen LogP contribution in [0.5, 0.6) is 5.75 Å². The standard InChI is InChI=1S/C31H32N2O8/c1-14(34)9-10-16-11-18(15-7-5-4-6-8-15)19-12-17-13-20-24(33(2)3)27(37)23(30(32)40)29(39)31(20,41)28(38)21(17)26(36)22(19)25(16)35/h4-8,11,17,20,24,35-36,39,41H,9-10,12-13H2,1-3H3,(H2,32,40)/t17-,20-,24-,31-/m1/s1. The summed E-state index contributed by atoms with van der Waals surface area (Å²) in [5, 5.41) is 45.8. The van der Waals surface area contributed by atoms with Gasteiger partial charge in [0.15, 0.2) is 11.4 Å². The Hall–Kier alpha value is -4.28. The van der Waals surface area contributed by atoms with Crippen LogP contribution in [0.2, 0.25) is 0 Å². The van der Waals surface area contributed by atoms with Gasteiger partial charge in [-0.05, 0) is 74.5 Å². The SMILES string of the molecule is CC(=O)CCc1cc(-c2ccccc2)c2c(c1O)C(O)=C1C(=O)[C@@]3(O)C(O)=C(C(N)=O)C(=O)[C@H](N(C)C)[C@H]3C[C@H]1C2. The second-order valence-corrected chi connectivity index (χ2v) is 11.3. The molecule has 6 N–H and O–H groups in total. The van der Waals surface area contributed by atoms with E-state index in [1.165, 1.54) is 11.8 Å². The van der Waals surface area contributed by atoms with Crippen molar-refractivity contribution in [3.63, 3.8) is 0 Å². The Labute approximate surface area is 236 Å². The molecule has 0 bridgehead atoms. The lowest BCUT2D eigenvalue weighted by Gasteiger charge is -2.50. The second-order valence-electron chi connectivity index (χ2n) is 11.3. The number of aliphatic hydroxyl groups excluding tert-OH is 2. The number of ketones is 3. The Morgan fingerprint density at radius 2 is 1.76 bits per heavy atom. The lowest BCUT2D eigenvalue weighted by Crippen LogP contribution is -2.65. The van der Waals surface area contributed by atoms with E-state index in [-0.39, 0.29) is 48.4 Å². The van der Waals surface area contributed by atoms with Crippen molar-refractivity contribution in [3.05, 3.63) is 70.0 Å². The quantitative estimate of drug-likeness (QED) is 0.331. The monoisotopic (exact) mass is 560 g/mol. The van der Waals surface area contributed by atoms with Crippen LogP contribution in [0, 0.1) is 11.8 Å². The van der Waals surface area contributed by atoms with E-state index in [2.05, 4.69) is 0 Å². The number of primary amides is 1. The van der Waals surface area contributed by atoms with Crippen LogP contribution in [-0.4, -0.2) is 74.3 Å². The molecule has 0 aromatic heterocycles. The fourth-order valence-corrected chi connectivity index (χ4v) is 6.74. The maximum atomic E-state index is 14.1. The zero-order chi connectivity index (χ0) is 30.0. The highest BCUT2D eigenvalue weighted by atomic mass is 16.3. The normalized spacial score (nSPS) is 25.6. The first-order valence-corrected chi connectivity index (χ1v) is 13.4. The molecule has 0 unspecified atom stereocenters. The van der Waals surface area contributed by atoms with E-state index >= 15 is 0 Å². The molecule has 10 heteroatoms. The molecule has 3 aliphatic rings. The number of Topliss-reactive ketones (excluding diaryl/α,β-unsaturated/α-hetero) is 3. The van der Waals surface area contributed by atoms with Gasteiger partial charge in [0, 0.05) is 17.9 Å². The number of aliphatic hydroxyl groups is 3. The minimum Gasteiger partial charge on any atom is -0.508 e. The van der Waals surface area contributed by atoms with Crippen LogP contribution in [-0.2, 0) is 32.0 Å². The summed E-state index contributed by atoms with van der Waals surface area (Å²) in [6.45, 7) is 1.44. The highest BCUT2D eigenvalue weighted by Crippen LogP contribution is 2.54. The van der Waals surface area contributed by atoms with Gasteiger partial charge in [-0.25, -0.2) is 0 Å². The van der Waals surface area contributed by atoms with Crippen LogP contribution in [0.25, 0.3) is 16.9 Å². The molecule has 0 spiro atoms. The Bertz CT molecular complexity index is 1570. The summed E-state index contributed by atoms with van der Waals surface area (Å²) in [5.41, 5.74) is 4.11. The first-order chi connectivity index (χ1) is 19.3. The third kappa shape index (κ3) is 4.17. The number of benzene rings is 2. The Balaban J connectivity index is 1.76. The number of aromatic hydroxyl groups is 1. The zero-order valence-electron chi connectivity index (χ0n) is 23.0. The molecule has 0 heterocycles. The Morgan fingerprint density at radius 3 is 2.34 bits per heavy atom. The predicted molar refractivity (Wildman–Crippen MR) is 149 cm³/mol. The number of carbonyl (C=O) groups is 4. The fourth-order valence-electron chi connectivity index (χ4n) is 6.74. The average Bonchev–Trinajstić information content (AvgIpc) is 2.90. The van der Waals surface area contributed by atoms with E-state index in [0.29, 0.717) is 16.7 Å². The van der Waals surface area contributed by atoms with Gasteiger partial charge in [0.1, 0.15) is 28.6 Å². The van der Waals surface area contributed by atoms with Crippen LogP contribution >= 0.6 is 0 Å². The van der Waals surface area contributed by atoms with Crippen LogP contribution < -0.4 is 5.73 Å². The molecule has 10 nitrogen and oxygen atoms in total. The molecular weight excluding hydrogens is 528 g/mol. The molecule has 41 heavy (non-hydrogen) atoms. The molecule has 1 amide bonds. The predicted octanol–water partition coefficient (Wildman–Crippen LogP) is 2.15. The Morgan fingerprint density at radius 1 is 1.10 bits per heavy atom. The summed E-state index contributed by atoms with van der Waals surface area (Å²) in [6.07, 6.45) is 0.528. The summed E-state index contributed by atoms with van der Waals surface area (Å²) in [4.78, 5) is 52.7. The van der Waals surface area contributed by atoms with E-state index < -0.39 is 58.0 Å². The largest absolute Gasteiger partial charge is 0.508 e. The highest BCUT2D eigenvalue weighted by Gasteiger charge is 2.64. The van der Waals surface area contributed by atoms with Crippen molar-refractivity contribution in [3.8, 4) is 16.9 Å². The van der Waals surface area contributed by atoms with Crippen LogP contribution in [0.3, 0.4) is 0 Å². The van der Waals surface area contributed by atoms with E-state index in [1.54, 1.807) is 20.2 Å². The maximum Gasteiger partial charge on any atom is 0.255 e. The number of carbonyl (C=O) groups excluding carboxylic acids is 4. The lowest BCUT2D eigenvalue weighted by molar-refractivity contribution is -0.153. The molecular formula is C31H32N2O8. The fraction of sp³-hybridized carbons (Fsp3) is 0.355. The maximum absolute atomic E-state index is 14.1. The minimum atomic E-state index is -2.70. The molecule has 1 saturated carbocycles. The summed E-state index contributed by atoms with van der Waals surface area (Å²) >= 11 is 0. The van der Waals surface area contributed by atoms with Crippen molar-refractivity contribution in [1.29, 1.82) is 0 Å². The number of likely N-dealkylation sites (N-methyl/N-ethyl adjacent to an activating group) is 1. The summed E-state index contributed by atoms with van der Waals surface area (Å²) < 4.78 is 0.